The number of carboxylic acids is 1. The molecule has 3 rings (SSSR count). The van der Waals surface area contributed by atoms with Crippen LogP contribution >= 0.6 is 24.0 Å². The number of benzene rings is 2. The topological polar surface area (TPSA) is 83.9 Å². The summed E-state index contributed by atoms with van der Waals surface area (Å²) < 4.78 is 5.50. The fraction of sp³-hybridized carbons (Fsp3) is 0.100. The van der Waals surface area contributed by atoms with Crippen LogP contribution in [-0.4, -0.2) is 33.7 Å². The zero-order chi connectivity index (χ0) is 20.3. The Balaban J connectivity index is 1.77. The first-order valence-electron chi connectivity index (χ1n) is 8.19. The number of amides is 1. The lowest BCUT2D eigenvalue weighted by molar-refractivity contribution is -0.139. The number of rotatable bonds is 6. The minimum Gasteiger partial charge on any atom is -0.482 e. The first-order chi connectivity index (χ1) is 13.3. The average Bonchev–Trinajstić information content (AvgIpc) is 2.94. The van der Waals surface area contributed by atoms with E-state index in [1.807, 2.05) is 0 Å². The number of ether oxygens (including phenoxy) is 1. The van der Waals surface area contributed by atoms with Crippen molar-refractivity contribution in [1.82, 2.24) is 0 Å². The van der Waals surface area contributed by atoms with Crippen LogP contribution in [0.15, 0.2) is 53.4 Å². The summed E-state index contributed by atoms with van der Waals surface area (Å²) in [6.45, 7) is 1.07. The molecule has 1 fully saturated rings. The summed E-state index contributed by atoms with van der Waals surface area (Å²) in [6.07, 6.45) is 1.71. The monoisotopic (exact) mass is 413 g/mol. The highest BCUT2D eigenvalue weighted by Crippen LogP contribution is 2.36. The van der Waals surface area contributed by atoms with Crippen LogP contribution < -0.4 is 9.64 Å². The molecule has 0 spiro atoms. The van der Waals surface area contributed by atoms with Gasteiger partial charge in [0.05, 0.1) is 10.6 Å². The van der Waals surface area contributed by atoms with Gasteiger partial charge in [0.25, 0.3) is 5.91 Å². The van der Waals surface area contributed by atoms with Gasteiger partial charge in [0, 0.05) is 5.56 Å². The Bertz CT molecular complexity index is 981. The van der Waals surface area contributed by atoms with Crippen molar-refractivity contribution < 1.29 is 24.2 Å². The van der Waals surface area contributed by atoms with Crippen LogP contribution in [0.25, 0.3) is 6.08 Å². The molecule has 0 saturated carbocycles. The minimum atomic E-state index is -1.05. The first kappa shape index (κ1) is 19.8. The Morgan fingerprint density at radius 2 is 1.79 bits per heavy atom. The molecule has 0 aromatic heterocycles. The van der Waals surface area contributed by atoms with E-state index in [9.17, 15) is 14.4 Å². The van der Waals surface area contributed by atoms with Crippen LogP contribution in [0.2, 0.25) is 0 Å². The number of hydrogen-bond acceptors (Lipinski definition) is 6. The summed E-state index contributed by atoms with van der Waals surface area (Å²) in [5.41, 5.74) is 1.93. The second kappa shape index (κ2) is 8.37. The highest BCUT2D eigenvalue weighted by Gasteiger charge is 2.33. The van der Waals surface area contributed by atoms with Gasteiger partial charge in [-0.05, 0) is 55.0 Å². The molecule has 0 atom stereocenters. The van der Waals surface area contributed by atoms with Crippen molar-refractivity contribution in [3.63, 3.8) is 0 Å². The Hall–Kier alpha value is -2.97. The largest absolute Gasteiger partial charge is 0.482 e. The molecule has 2 aromatic rings. The van der Waals surface area contributed by atoms with Gasteiger partial charge in [-0.15, -0.1) is 0 Å². The van der Waals surface area contributed by atoms with Gasteiger partial charge in [-0.3, -0.25) is 14.5 Å². The number of aliphatic carboxylic acids is 1. The van der Waals surface area contributed by atoms with Crippen molar-refractivity contribution in [3.8, 4) is 5.75 Å². The number of hydrogen-bond donors (Lipinski definition) is 1. The molecule has 1 aliphatic rings. The van der Waals surface area contributed by atoms with Crippen molar-refractivity contribution in [2.75, 3.05) is 11.5 Å². The molecule has 8 heteroatoms. The lowest BCUT2D eigenvalue weighted by Crippen LogP contribution is -2.27. The Morgan fingerprint density at radius 3 is 2.36 bits per heavy atom. The fourth-order valence-corrected chi connectivity index (χ4v) is 3.79. The van der Waals surface area contributed by atoms with E-state index in [1.54, 1.807) is 54.6 Å². The number of thioether (sulfide) groups is 1. The predicted octanol–water partition coefficient (Wildman–Crippen LogP) is 3.76. The average molecular weight is 413 g/mol. The molecule has 1 aliphatic heterocycles. The molecule has 28 heavy (non-hydrogen) atoms. The summed E-state index contributed by atoms with van der Waals surface area (Å²) >= 11 is 6.53. The molecule has 1 saturated heterocycles. The van der Waals surface area contributed by atoms with Crippen molar-refractivity contribution in [2.24, 2.45) is 0 Å². The van der Waals surface area contributed by atoms with Crippen LogP contribution in [0, 0.1) is 0 Å². The van der Waals surface area contributed by atoms with E-state index in [-0.39, 0.29) is 11.7 Å². The SMILES string of the molecule is CC(=O)c1ccc(N2C(=O)/C(=C\c3ccc(OCC(=O)O)cc3)SC2=S)cc1. The summed E-state index contributed by atoms with van der Waals surface area (Å²) in [7, 11) is 0. The molecule has 142 valence electrons. The van der Waals surface area contributed by atoms with E-state index >= 15 is 0 Å². The molecule has 6 nitrogen and oxygen atoms in total. The highest BCUT2D eigenvalue weighted by atomic mass is 32.2. The van der Waals surface area contributed by atoms with Crippen LogP contribution in [0.3, 0.4) is 0 Å². The Labute approximate surface area is 170 Å². The fourth-order valence-electron chi connectivity index (χ4n) is 2.49. The third kappa shape index (κ3) is 4.47. The van der Waals surface area contributed by atoms with Gasteiger partial charge >= 0.3 is 5.97 Å². The standard InChI is InChI=1S/C20H15NO5S2/c1-12(22)14-4-6-15(7-5-14)21-19(25)17(28-20(21)27)10-13-2-8-16(9-3-13)26-11-18(23)24/h2-10H,11H2,1H3,(H,23,24)/b17-10+. The van der Waals surface area contributed by atoms with Gasteiger partial charge in [0.2, 0.25) is 0 Å². The van der Waals surface area contributed by atoms with Gasteiger partial charge in [0.15, 0.2) is 16.7 Å². The lowest BCUT2D eigenvalue weighted by atomic mass is 10.1. The van der Waals surface area contributed by atoms with Crippen molar-refractivity contribution in [3.05, 3.63) is 64.6 Å². The quantitative estimate of drug-likeness (QED) is 0.438. The van der Waals surface area contributed by atoms with Crippen molar-refractivity contribution >= 4 is 57.7 Å². The van der Waals surface area contributed by atoms with Crippen LogP contribution in [0.1, 0.15) is 22.8 Å². The molecule has 2 aromatic carbocycles. The maximum absolute atomic E-state index is 12.8. The molecule has 0 radical (unpaired) electrons. The zero-order valence-corrected chi connectivity index (χ0v) is 16.4. The van der Waals surface area contributed by atoms with E-state index in [4.69, 9.17) is 22.1 Å². The van der Waals surface area contributed by atoms with Crippen LogP contribution in [0.4, 0.5) is 5.69 Å². The van der Waals surface area contributed by atoms with E-state index < -0.39 is 12.6 Å². The van der Waals surface area contributed by atoms with Gasteiger partial charge in [-0.25, -0.2) is 4.79 Å². The Kier molecular flexibility index (Phi) is 5.91. The molecule has 1 N–H and O–H groups in total. The maximum Gasteiger partial charge on any atom is 0.341 e. The van der Waals surface area contributed by atoms with Gasteiger partial charge < -0.3 is 9.84 Å². The van der Waals surface area contributed by atoms with Crippen LogP contribution in [0.5, 0.6) is 5.75 Å². The molecule has 1 amide bonds. The number of carbonyl (C=O) groups is 3. The van der Waals surface area contributed by atoms with E-state index in [1.165, 1.54) is 23.6 Å². The summed E-state index contributed by atoms with van der Waals surface area (Å²) in [6, 6.07) is 13.4. The Morgan fingerprint density at radius 1 is 1.14 bits per heavy atom. The normalized spacial score (nSPS) is 15.2. The number of Topliss-reactive ketones (excluding diaryl/α,β-unsaturated/α-hetero) is 1. The predicted molar refractivity (Wildman–Crippen MR) is 112 cm³/mol. The number of nitrogens with zero attached hydrogens (tertiary/aromatic N) is 1. The zero-order valence-electron chi connectivity index (χ0n) is 14.7. The second-order valence-electron chi connectivity index (χ2n) is 5.87. The number of carbonyl (C=O) groups excluding carboxylic acids is 2. The third-order valence-corrected chi connectivity index (χ3v) is 5.17. The summed E-state index contributed by atoms with van der Waals surface area (Å²) in [5, 5.41) is 8.63. The minimum absolute atomic E-state index is 0.0485. The second-order valence-corrected chi connectivity index (χ2v) is 7.55. The van der Waals surface area contributed by atoms with Crippen molar-refractivity contribution in [2.45, 2.75) is 6.92 Å². The van der Waals surface area contributed by atoms with E-state index in [0.29, 0.717) is 26.2 Å². The van der Waals surface area contributed by atoms with Crippen molar-refractivity contribution in [1.29, 1.82) is 0 Å². The molecular formula is C20H15NO5S2. The van der Waals surface area contributed by atoms with E-state index in [2.05, 4.69) is 0 Å². The smallest absolute Gasteiger partial charge is 0.341 e. The van der Waals surface area contributed by atoms with Crippen LogP contribution in [-0.2, 0) is 9.59 Å². The number of thiocarbonyl (C=S) groups is 1. The maximum atomic E-state index is 12.8. The number of anilines is 1. The first-order valence-corrected chi connectivity index (χ1v) is 9.41. The lowest BCUT2D eigenvalue weighted by Gasteiger charge is -2.14. The number of carboxylic acid groups (broad SMARTS) is 1. The molecule has 0 unspecified atom stereocenters. The molecule has 1 heterocycles. The van der Waals surface area contributed by atoms with E-state index in [0.717, 1.165) is 5.56 Å². The molecular weight excluding hydrogens is 398 g/mol. The molecule has 0 bridgehead atoms. The number of ketones is 1. The third-order valence-electron chi connectivity index (χ3n) is 3.87. The highest BCUT2D eigenvalue weighted by molar-refractivity contribution is 8.27. The van der Waals surface area contributed by atoms with Gasteiger partial charge in [-0.1, -0.05) is 36.1 Å². The summed E-state index contributed by atoms with van der Waals surface area (Å²) in [4.78, 5) is 36.6. The van der Waals surface area contributed by atoms with Gasteiger partial charge in [-0.2, -0.15) is 0 Å². The van der Waals surface area contributed by atoms with Gasteiger partial charge in [0.1, 0.15) is 5.75 Å². The summed E-state index contributed by atoms with van der Waals surface area (Å²) in [5.74, 6) is -0.911. The molecule has 0 aliphatic carbocycles.